The lowest BCUT2D eigenvalue weighted by atomic mass is 9.79. The summed E-state index contributed by atoms with van der Waals surface area (Å²) in [6.45, 7) is 10.8. The summed E-state index contributed by atoms with van der Waals surface area (Å²) in [5.74, 6) is -0.473. The molecule has 3 aromatic rings. The van der Waals surface area contributed by atoms with Gasteiger partial charge in [-0.15, -0.1) is 0 Å². The number of carbonyl (C=O) groups is 1. The van der Waals surface area contributed by atoms with Gasteiger partial charge >= 0.3 is 0 Å². The van der Waals surface area contributed by atoms with Gasteiger partial charge in [0, 0.05) is 16.6 Å². The van der Waals surface area contributed by atoms with Crippen LogP contribution >= 0.6 is 0 Å². The standard InChI is InChI=1S/C26H25FN2O/c1-25(2,3)15-6-9-17(10-7-15)29-21-14-26(4,5)13-20-23(21)22(24(29)30)18-12-16(27)8-11-19(18)28-20/h6-12,14H,13H2,1-5H3. The second-order valence-corrected chi connectivity index (χ2v) is 10.1. The lowest BCUT2D eigenvalue weighted by Gasteiger charge is -2.30. The van der Waals surface area contributed by atoms with Crippen LogP contribution in [0.15, 0.2) is 48.5 Å². The summed E-state index contributed by atoms with van der Waals surface area (Å²) in [6.07, 6.45) is 2.91. The molecule has 0 unspecified atom stereocenters. The second-order valence-electron chi connectivity index (χ2n) is 10.1. The Morgan fingerprint density at radius 3 is 2.40 bits per heavy atom. The van der Waals surface area contributed by atoms with E-state index in [2.05, 4.69) is 52.8 Å². The van der Waals surface area contributed by atoms with Crippen molar-refractivity contribution in [3.63, 3.8) is 0 Å². The number of halogens is 1. The third-order valence-electron chi connectivity index (χ3n) is 6.08. The maximum atomic E-state index is 14.1. The summed E-state index contributed by atoms with van der Waals surface area (Å²) < 4.78 is 14.1. The lowest BCUT2D eigenvalue weighted by Crippen LogP contribution is -2.26. The molecule has 2 aromatic carbocycles. The number of nitrogens with zero attached hydrogens (tertiary/aromatic N) is 2. The van der Waals surface area contributed by atoms with E-state index in [9.17, 15) is 9.18 Å². The lowest BCUT2D eigenvalue weighted by molar-refractivity contribution is 0.101. The fourth-order valence-corrected chi connectivity index (χ4v) is 4.60. The van der Waals surface area contributed by atoms with Gasteiger partial charge in [-0.25, -0.2) is 4.39 Å². The van der Waals surface area contributed by atoms with E-state index in [-0.39, 0.29) is 22.6 Å². The summed E-state index contributed by atoms with van der Waals surface area (Å²) in [5, 5.41) is 0.582. The Hall–Kier alpha value is -3.01. The molecule has 1 aromatic heterocycles. The summed E-state index contributed by atoms with van der Waals surface area (Å²) in [5.41, 5.74) is 5.81. The molecule has 0 spiro atoms. The number of hydrogen-bond acceptors (Lipinski definition) is 2. The monoisotopic (exact) mass is 400 g/mol. The van der Waals surface area contributed by atoms with E-state index in [0.717, 1.165) is 29.1 Å². The van der Waals surface area contributed by atoms with Crippen molar-refractivity contribution in [1.29, 1.82) is 0 Å². The summed E-state index contributed by atoms with van der Waals surface area (Å²) in [7, 11) is 0. The largest absolute Gasteiger partial charge is 0.277 e. The number of anilines is 1. The van der Waals surface area contributed by atoms with Gasteiger partial charge in [0.05, 0.1) is 22.5 Å². The molecule has 152 valence electrons. The highest BCUT2D eigenvalue weighted by atomic mass is 19.1. The second kappa shape index (κ2) is 6.00. The van der Waals surface area contributed by atoms with Crippen LogP contribution in [0.2, 0.25) is 0 Å². The molecular formula is C26H25FN2O. The number of benzene rings is 2. The molecule has 4 heteroatoms. The molecule has 0 radical (unpaired) electrons. The molecule has 5 rings (SSSR count). The number of amides is 1. The maximum Gasteiger partial charge on any atom is 0.264 e. The molecule has 0 saturated carbocycles. The Kier molecular flexibility index (Phi) is 3.80. The first-order valence-electron chi connectivity index (χ1n) is 10.4. The zero-order valence-electron chi connectivity index (χ0n) is 18.0. The van der Waals surface area contributed by atoms with Crippen LogP contribution in [0.4, 0.5) is 10.1 Å². The fourth-order valence-electron chi connectivity index (χ4n) is 4.60. The Balaban J connectivity index is 1.75. The molecule has 3 nitrogen and oxygen atoms in total. The topological polar surface area (TPSA) is 33.2 Å². The molecular weight excluding hydrogens is 375 g/mol. The van der Waals surface area contributed by atoms with Crippen molar-refractivity contribution >= 4 is 28.2 Å². The SMILES string of the molecule is CC1(C)C=C2c3c(nc4ccc(F)cc4c3C(=O)N2c2ccc(C(C)(C)C)cc2)C1. The highest BCUT2D eigenvalue weighted by molar-refractivity contribution is 6.27. The molecule has 1 aliphatic carbocycles. The molecule has 30 heavy (non-hydrogen) atoms. The van der Waals surface area contributed by atoms with E-state index in [1.165, 1.54) is 17.7 Å². The van der Waals surface area contributed by atoms with Crippen molar-refractivity contribution in [2.75, 3.05) is 4.90 Å². The molecule has 0 N–H and O–H groups in total. The molecule has 2 heterocycles. The molecule has 2 aliphatic rings. The van der Waals surface area contributed by atoms with Gasteiger partial charge < -0.3 is 0 Å². The number of rotatable bonds is 1. The Labute approximate surface area is 176 Å². The highest BCUT2D eigenvalue weighted by Crippen LogP contribution is 2.47. The Morgan fingerprint density at radius 2 is 1.73 bits per heavy atom. The van der Waals surface area contributed by atoms with Gasteiger partial charge in [0.2, 0.25) is 0 Å². The first kappa shape index (κ1) is 19.0. The Bertz CT molecular complexity index is 1250. The van der Waals surface area contributed by atoms with E-state index < -0.39 is 0 Å². The molecule has 0 bridgehead atoms. The normalized spacial score (nSPS) is 17.3. The van der Waals surface area contributed by atoms with Crippen LogP contribution < -0.4 is 4.90 Å². The van der Waals surface area contributed by atoms with Gasteiger partial charge in [0.25, 0.3) is 5.91 Å². The van der Waals surface area contributed by atoms with Crippen LogP contribution in [-0.2, 0) is 11.8 Å². The fraction of sp³-hybridized carbons (Fsp3) is 0.308. The van der Waals surface area contributed by atoms with Gasteiger partial charge in [-0.05, 0) is 53.1 Å². The van der Waals surface area contributed by atoms with Crippen LogP contribution in [0, 0.1) is 11.2 Å². The predicted molar refractivity (Wildman–Crippen MR) is 119 cm³/mol. The van der Waals surface area contributed by atoms with E-state index >= 15 is 0 Å². The molecule has 1 aliphatic heterocycles. The molecule has 0 fully saturated rings. The zero-order chi connectivity index (χ0) is 21.4. The number of allylic oxidation sites excluding steroid dienone is 1. The van der Waals surface area contributed by atoms with E-state index in [0.29, 0.717) is 16.5 Å². The van der Waals surface area contributed by atoms with E-state index in [1.54, 1.807) is 11.0 Å². The van der Waals surface area contributed by atoms with E-state index in [4.69, 9.17) is 4.98 Å². The molecule has 0 saturated heterocycles. The van der Waals surface area contributed by atoms with Gasteiger partial charge in [-0.3, -0.25) is 14.7 Å². The maximum absolute atomic E-state index is 14.1. The first-order valence-corrected chi connectivity index (χ1v) is 10.4. The van der Waals surface area contributed by atoms with Gasteiger partial charge in [-0.2, -0.15) is 0 Å². The van der Waals surface area contributed by atoms with Crippen LogP contribution in [0.3, 0.4) is 0 Å². The smallest absolute Gasteiger partial charge is 0.264 e. The first-order chi connectivity index (χ1) is 14.0. The van der Waals surface area contributed by atoms with Crippen LogP contribution in [-0.4, -0.2) is 10.9 Å². The third-order valence-corrected chi connectivity index (χ3v) is 6.08. The van der Waals surface area contributed by atoms with Crippen molar-refractivity contribution in [3.05, 3.63) is 76.7 Å². The van der Waals surface area contributed by atoms with Crippen molar-refractivity contribution < 1.29 is 9.18 Å². The minimum absolute atomic E-state index is 0.0351. The Morgan fingerprint density at radius 1 is 1.03 bits per heavy atom. The van der Waals surface area contributed by atoms with Crippen LogP contribution in [0.25, 0.3) is 16.6 Å². The quantitative estimate of drug-likeness (QED) is 0.483. The van der Waals surface area contributed by atoms with Gasteiger partial charge in [-0.1, -0.05) is 52.8 Å². The minimum Gasteiger partial charge on any atom is -0.277 e. The van der Waals surface area contributed by atoms with E-state index in [1.807, 2.05) is 12.1 Å². The number of pyridine rings is 1. The summed E-state index contributed by atoms with van der Waals surface area (Å²) >= 11 is 0. The van der Waals surface area contributed by atoms with Gasteiger partial charge in [0.15, 0.2) is 0 Å². The number of aromatic nitrogens is 1. The third kappa shape index (κ3) is 2.78. The van der Waals surface area contributed by atoms with Crippen molar-refractivity contribution in [2.24, 2.45) is 5.41 Å². The van der Waals surface area contributed by atoms with Gasteiger partial charge in [0.1, 0.15) is 5.82 Å². The average molecular weight is 400 g/mol. The number of fused-ring (bicyclic) bond motifs is 2. The van der Waals surface area contributed by atoms with Crippen molar-refractivity contribution in [1.82, 2.24) is 4.98 Å². The minimum atomic E-state index is -0.358. The molecule has 0 atom stereocenters. The average Bonchev–Trinajstić information content (AvgIpc) is 2.93. The summed E-state index contributed by atoms with van der Waals surface area (Å²) in [6, 6.07) is 12.7. The zero-order valence-corrected chi connectivity index (χ0v) is 18.0. The van der Waals surface area contributed by atoms with Crippen LogP contribution in [0.1, 0.15) is 61.8 Å². The van der Waals surface area contributed by atoms with Crippen LogP contribution in [0.5, 0.6) is 0 Å². The highest BCUT2D eigenvalue weighted by Gasteiger charge is 2.42. The van der Waals surface area contributed by atoms with Crippen molar-refractivity contribution in [2.45, 2.75) is 46.5 Å². The molecule has 1 amide bonds. The number of carbonyl (C=O) groups excluding carboxylic acids is 1. The van der Waals surface area contributed by atoms with Crippen molar-refractivity contribution in [3.8, 4) is 0 Å². The predicted octanol–water partition coefficient (Wildman–Crippen LogP) is 6.26. The summed E-state index contributed by atoms with van der Waals surface area (Å²) in [4.78, 5) is 20.3. The number of hydrogen-bond donors (Lipinski definition) is 0.